The van der Waals surface area contributed by atoms with E-state index in [1.54, 1.807) is 12.3 Å². The minimum absolute atomic E-state index is 0.747. The highest BCUT2D eigenvalue weighted by atomic mass is 14.7. The van der Waals surface area contributed by atoms with Gasteiger partial charge in [-0.05, 0) is 66.3 Å². The highest BCUT2D eigenvalue weighted by Gasteiger charge is 2.02. The summed E-state index contributed by atoms with van der Waals surface area (Å²) in [5.74, 6) is 0. The van der Waals surface area contributed by atoms with Crippen molar-refractivity contribution < 1.29 is 0 Å². The molecule has 0 aromatic heterocycles. The average Bonchev–Trinajstić information content (AvgIpc) is 2.55. The Morgan fingerprint density at radius 3 is 2.35 bits per heavy atom. The molecule has 0 amide bonds. The average molecular weight is 304 g/mol. The fraction of sp³-hybridized carbons (Fsp3) is 0.190. The molecule has 0 saturated carbocycles. The van der Waals surface area contributed by atoms with Gasteiger partial charge in [-0.3, -0.25) is 4.99 Å². The number of benzene rings is 2. The summed E-state index contributed by atoms with van der Waals surface area (Å²) in [5.41, 5.74) is 13.2. The Morgan fingerprint density at radius 1 is 1.13 bits per heavy atom. The van der Waals surface area contributed by atoms with Crippen molar-refractivity contribution in [2.45, 2.75) is 27.2 Å². The van der Waals surface area contributed by atoms with Crippen LogP contribution in [0.25, 0.3) is 16.7 Å². The predicted molar refractivity (Wildman–Crippen MR) is 102 cm³/mol. The molecule has 2 aromatic carbocycles. The molecule has 2 heteroatoms. The highest BCUT2D eigenvalue weighted by Crippen LogP contribution is 2.27. The maximum absolute atomic E-state index is 5.60. The van der Waals surface area contributed by atoms with Gasteiger partial charge in [0.05, 0.1) is 5.69 Å². The van der Waals surface area contributed by atoms with Crippen molar-refractivity contribution in [1.29, 1.82) is 0 Å². The van der Waals surface area contributed by atoms with Gasteiger partial charge in [0.25, 0.3) is 0 Å². The largest absolute Gasteiger partial charge is 0.402 e. The van der Waals surface area contributed by atoms with Crippen LogP contribution in [0.3, 0.4) is 0 Å². The normalized spacial score (nSPS) is 11.9. The summed E-state index contributed by atoms with van der Waals surface area (Å²) in [6.07, 6.45) is 4.51. The number of aliphatic imine (C=N–C) groups is 1. The van der Waals surface area contributed by atoms with Crippen molar-refractivity contribution in [2.75, 3.05) is 0 Å². The number of rotatable bonds is 5. The van der Waals surface area contributed by atoms with Gasteiger partial charge in [-0.25, -0.2) is 0 Å². The summed E-state index contributed by atoms with van der Waals surface area (Å²) in [5, 5.41) is 0. The van der Waals surface area contributed by atoms with E-state index in [0.717, 1.165) is 23.4 Å². The molecule has 2 rings (SSSR count). The van der Waals surface area contributed by atoms with Crippen LogP contribution < -0.4 is 5.73 Å². The van der Waals surface area contributed by atoms with Crippen LogP contribution in [0, 0.1) is 6.92 Å². The van der Waals surface area contributed by atoms with Crippen molar-refractivity contribution in [3.05, 3.63) is 71.9 Å². The van der Waals surface area contributed by atoms with Crippen molar-refractivity contribution in [3.63, 3.8) is 0 Å². The minimum atomic E-state index is 0.747. The molecule has 0 bridgehead atoms. The smallest absolute Gasteiger partial charge is 0.0659 e. The first-order chi connectivity index (χ1) is 11.0. The molecule has 0 atom stereocenters. The number of hydrogen-bond donors (Lipinski definition) is 1. The van der Waals surface area contributed by atoms with E-state index in [0.29, 0.717) is 0 Å². The molecular formula is C21H24N2. The first-order valence-corrected chi connectivity index (χ1v) is 7.87. The van der Waals surface area contributed by atoms with Crippen molar-refractivity contribution in [2.24, 2.45) is 10.7 Å². The molecular weight excluding hydrogens is 280 g/mol. The van der Waals surface area contributed by atoms with Gasteiger partial charge in [-0.1, -0.05) is 43.8 Å². The van der Waals surface area contributed by atoms with E-state index in [1.165, 1.54) is 22.3 Å². The molecule has 0 aliphatic heterocycles. The summed E-state index contributed by atoms with van der Waals surface area (Å²) >= 11 is 0. The summed E-state index contributed by atoms with van der Waals surface area (Å²) in [6, 6.07) is 14.9. The lowest BCUT2D eigenvalue weighted by Gasteiger charge is -2.08. The van der Waals surface area contributed by atoms with Crippen LogP contribution in [0.5, 0.6) is 0 Å². The van der Waals surface area contributed by atoms with Gasteiger partial charge in [-0.15, -0.1) is 0 Å². The summed E-state index contributed by atoms with van der Waals surface area (Å²) < 4.78 is 0. The third-order valence-electron chi connectivity index (χ3n) is 3.80. The third kappa shape index (κ3) is 4.43. The SMILES string of the molecule is C=C(CC)c1ccc(-c2ccc(N=CC=C(C)N)c(C)c2)cc1. The van der Waals surface area contributed by atoms with E-state index in [2.05, 4.69) is 61.8 Å². The van der Waals surface area contributed by atoms with Crippen LogP contribution >= 0.6 is 0 Å². The lowest BCUT2D eigenvalue weighted by Crippen LogP contribution is -1.89. The van der Waals surface area contributed by atoms with Crippen LogP contribution in [0.1, 0.15) is 31.4 Å². The Hall–Kier alpha value is -2.61. The van der Waals surface area contributed by atoms with E-state index >= 15 is 0 Å². The van der Waals surface area contributed by atoms with Gasteiger partial charge in [0.15, 0.2) is 0 Å². The molecule has 2 aromatic rings. The molecule has 0 radical (unpaired) electrons. The number of nitrogens with two attached hydrogens (primary N) is 1. The minimum Gasteiger partial charge on any atom is -0.402 e. The first kappa shape index (κ1) is 16.8. The zero-order chi connectivity index (χ0) is 16.8. The van der Waals surface area contributed by atoms with Gasteiger partial charge >= 0.3 is 0 Å². The first-order valence-electron chi connectivity index (χ1n) is 7.87. The fourth-order valence-corrected chi connectivity index (χ4v) is 2.32. The van der Waals surface area contributed by atoms with Crippen LogP contribution in [0.4, 0.5) is 5.69 Å². The van der Waals surface area contributed by atoms with E-state index in [-0.39, 0.29) is 0 Å². The predicted octanol–water partition coefficient (Wildman–Crippen LogP) is 5.65. The monoisotopic (exact) mass is 304 g/mol. The van der Waals surface area contributed by atoms with Crippen LogP contribution in [-0.2, 0) is 0 Å². The zero-order valence-corrected chi connectivity index (χ0v) is 14.1. The fourth-order valence-electron chi connectivity index (χ4n) is 2.32. The second-order valence-electron chi connectivity index (χ2n) is 5.72. The van der Waals surface area contributed by atoms with Crippen LogP contribution in [0.15, 0.2) is 65.8 Å². The molecule has 0 spiro atoms. The highest BCUT2D eigenvalue weighted by molar-refractivity contribution is 5.77. The Kier molecular flexibility index (Phi) is 5.53. The van der Waals surface area contributed by atoms with Gasteiger partial charge in [0, 0.05) is 11.9 Å². The van der Waals surface area contributed by atoms with Gasteiger partial charge in [0.2, 0.25) is 0 Å². The second kappa shape index (κ2) is 7.59. The summed E-state index contributed by atoms with van der Waals surface area (Å²) in [6.45, 7) is 10.1. The maximum Gasteiger partial charge on any atom is 0.0659 e. The molecule has 0 heterocycles. The van der Waals surface area contributed by atoms with Gasteiger partial charge in [-0.2, -0.15) is 0 Å². The van der Waals surface area contributed by atoms with Crippen molar-refractivity contribution in [1.82, 2.24) is 0 Å². The quantitative estimate of drug-likeness (QED) is 0.712. The summed E-state index contributed by atoms with van der Waals surface area (Å²) in [4.78, 5) is 4.44. The van der Waals surface area contributed by atoms with Gasteiger partial charge < -0.3 is 5.73 Å². The molecule has 0 aliphatic carbocycles. The summed E-state index contributed by atoms with van der Waals surface area (Å²) in [7, 11) is 0. The molecule has 23 heavy (non-hydrogen) atoms. The third-order valence-corrected chi connectivity index (χ3v) is 3.80. The lowest BCUT2D eigenvalue weighted by atomic mass is 9.98. The van der Waals surface area contributed by atoms with Crippen LogP contribution in [0.2, 0.25) is 0 Å². The molecule has 0 saturated heterocycles. The number of hydrogen-bond acceptors (Lipinski definition) is 2. The standard InChI is InChI=1S/C21H24N2/c1-5-15(2)18-6-8-19(9-7-18)20-10-11-21(16(3)14-20)23-13-12-17(4)22/h6-14H,2,5,22H2,1,3-4H3. The Balaban J connectivity index is 2.24. The molecule has 0 aliphatic rings. The van der Waals surface area contributed by atoms with Crippen molar-refractivity contribution >= 4 is 17.5 Å². The van der Waals surface area contributed by atoms with E-state index in [4.69, 9.17) is 5.73 Å². The van der Waals surface area contributed by atoms with E-state index < -0.39 is 0 Å². The molecule has 2 nitrogen and oxygen atoms in total. The lowest BCUT2D eigenvalue weighted by molar-refractivity contribution is 1.24. The Morgan fingerprint density at radius 2 is 1.78 bits per heavy atom. The molecule has 0 unspecified atom stereocenters. The Labute approximate surface area is 139 Å². The topological polar surface area (TPSA) is 38.4 Å². The Bertz CT molecular complexity index is 746. The number of aryl methyl sites for hydroxylation is 1. The molecule has 0 fully saturated rings. The van der Waals surface area contributed by atoms with Gasteiger partial charge in [0.1, 0.15) is 0 Å². The maximum atomic E-state index is 5.60. The molecule has 2 N–H and O–H groups in total. The van der Waals surface area contributed by atoms with Crippen LogP contribution in [-0.4, -0.2) is 6.21 Å². The second-order valence-corrected chi connectivity index (χ2v) is 5.72. The number of allylic oxidation sites excluding steroid dienone is 3. The van der Waals surface area contributed by atoms with E-state index in [1.807, 2.05) is 13.0 Å². The number of nitrogens with zero attached hydrogens (tertiary/aromatic N) is 1. The van der Waals surface area contributed by atoms with Crippen molar-refractivity contribution in [3.8, 4) is 11.1 Å². The van der Waals surface area contributed by atoms with E-state index in [9.17, 15) is 0 Å². The molecule has 118 valence electrons. The zero-order valence-electron chi connectivity index (χ0n) is 14.1.